The molecule has 30 heavy (non-hydrogen) atoms. The number of carbonyl (C=O) groups excluding carboxylic acids is 1. The molecule has 0 atom stereocenters. The standard InChI is InChI=1S/C24H26N2O3S/c1-18-7-2-8-19(17-18)9-5-15-25-23(27)14-6-16-26-21-12-3-10-20-11-4-13-22(24(20)21)30(26,28)29/h2-4,7-8,10-13,17H,5-6,9,14-16H2,1H3,(H,25,27). The molecule has 3 aromatic carbocycles. The van der Waals surface area contributed by atoms with Gasteiger partial charge in [-0.25, -0.2) is 8.42 Å². The first-order valence-electron chi connectivity index (χ1n) is 10.3. The van der Waals surface area contributed by atoms with E-state index in [1.54, 1.807) is 12.1 Å². The van der Waals surface area contributed by atoms with E-state index in [0.29, 0.717) is 36.5 Å². The zero-order chi connectivity index (χ0) is 21.1. The Morgan fingerprint density at radius 1 is 1.00 bits per heavy atom. The molecule has 0 aliphatic carbocycles. The number of aryl methyl sites for hydroxylation is 2. The fourth-order valence-electron chi connectivity index (χ4n) is 4.06. The Morgan fingerprint density at radius 3 is 2.57 bits per heavy atom. The Morgan fingerprint density at radius 2 is 1.77 bits per heavy atom. The summed E-state index contributed by atoms with van der Waals surface area (Å²) >= 11 is 0. The largest absolute Gasteiger partial charge is 0.356 e. The van der Waals surface area contributed by atoms with Crippen LogP contribution in [0, 0.1) is 6.92 Å². The number of nitrogens with zero attached hydrogens (tertiary/aromatic N) is 1. The summed E-state index contributed by atoms with van der Waals surface area (Å²) in [6.07, 6.45) is 2.60. The highest BCUT2D eigenvalue weighted by Crippen LogP contribution is 2.41. The van der Waals surface area contributed by atoms with E-state index < -0.39 is 10.0 Å². The first-order chi connectivity index (χ1) is 14.5. The summed E-state index contributed by atoms with van der Waals surface area (Å²) in [5.41, 5.74) is 3.23. The normalized spacial score (nSPS) is 14.2. The van der Waals surface area contributed by atoms with Crippen LogP contribution < -0.4 is 9.62 Å². The van der Waals surface area contributed by atoms with Crippen LogP contribution in [0.5, 0.6) is 0 Å². The molecule has 156 valence electrons. The van der Waals surface area contributed by atoms with Crippen molar-refractivity contribution < 1.29 is 13.2 Å². The van der Waals surface area contributed by atoms with E-state index >= 15 is 0 Å². The zero-order valence-electron chi connectivity index (χ0n) is 17.1. The summed E-state index contributed by atoms with van der Waals surface area (Å²) < 4.78 is 27.3. The molecular formula is C24H26N2O3S. The van der Waals surface area contributed by atoms with Crippen molar-refractivity contribution in [1.29, 1.82) is 0 Å². The second kappa shape index (κ2) is 8.48. The van der Waals surface area contributed by atoms with Crippen molar-refractivity contribution in [2.24, 2.45) is 0 Å². The van der Waals surface area contributed by atoms with Gasteiger partial charge in [0, 0.05) is 24.9 Å². The molecular weight excluding hydrogens is 396 g/mol. The van der Waals surface area contributed by atoms with E-state index in [9.17, 15) is 13.2 Å². The summed E-state index contributed by atoms with van der Waals surface area (Å²) in [7, 11) is -3.55. The van der Waals surface area contributed by atoms with E-state index in [4.69, 9.17) is 0 Å². The molecule has 0 fully saturated rings. The minimum Gasteiger partial charge on any atom is -0.356 e. The maximum Gasteiger partial charge on any atom is 0.265 e. The summed E-state index contributed by atoms with van der Waals surface area (Å²) in [6.45, 7) is 3.00. The van der Waals surface area contributed by atoms with E-state index in [2.05, 4.69) is 36.5 Å². The molecule has 6 heteroatoms. The monoisotopic (exact) mass is 422 g/mol. The average molecular weight is 423 g/mol. The average Bonchev–Trinajstić information content (AvgIpc) is 2.95. The van der Waals surface area contributed by atoms with Gasteiger partial charge in [0.1, 0.15) is 0 Å². The van der Waals surface area contributed by atoms with Crippen molar-refractivity contribution in [3.05, 3.63) is 71.8 Å². The van der Waals surface area contributed by atoms with Gasteiger partial charge in [-0.3, -0.25) is 9.10 Å². The summed E-state index contributed by atoms with van der Waals surface area (Å²) in [6, 6.07) is 19.4. The Labute approximate surface area is 177 Å². The van der Waals surface area contributed by atoms with Crippen molar-refractivity contribution >= 4 is 32.4 Å². The molecule has 0 unspecified atom stereocenters. The minimum absolute atomic E-state index is 0.0356. The molecule has 0 aromatic heterocycles. The molecule has 3 aromatic rings. The Balaban J connectivity index is 1.27. The number of sulfonamides is 1. The number of amides is 1. The van der Waals surface area contributed by atoms with Crippen molar-refractivity contribution in [3.63, 3.8) is 0 Å². The van der Waals surface area contributed by atoms with Gasteiger partial charge in [-0.15, -0.1) is 0 Å². The fourth-order valence-corrected chi connectivity index (χ4v) is 5.81. The topological polar surface area (TPSA) is 66.5 Å². The lowest BCUT2D eigenvalue weighted by Gasteiger charge is -2.18. The molecule has 0 bridgehead atoms. The van der Waals surface area contributed by atoms with Crippen LogP contribution in [0.3, 0.4) is 0 Å². The summed E-state index contributed by atoms with van der Waals surface area (Å²) in [5, 5.41) is 4.64. The molecule has 0 saturated carbocycles. The second-order valence-corrected chi connectivity index (χ2v) is 9.59. The van der Waals surface area contributed by atoms with Crippen molar-refractivity contribution in [2.75, 3.05) is 17.4 Å². The van der Waals surface area contributed by atoms with Crippen molar-refractivity contribution in [3.8, 4) is 0 Å². The van der Waals surface area contributed by atoms with Gasteiger partial charge < -0.3 is 5.32 Å². The highest BCUT2D eigenvalue weighted by Gasteiger charge is 2.34. The van der Waals surface area contributed by atoms with Crippen LogP contribution in [0.1, 0.15) is 30.4 Å². The minimum atomic E-state index is -3.55. The molecule has 1 amide bonds. The lowest BCUT2D eigenvalue weighted by Crippen LogP contribution is -2.30. The van der Waals surface area contributed by atoms with Gasteiger partial charge in [0.05, 0.1) is 10.6 Å². The molecule has 0 spiro atoms. The van der Waals surface area contributed by atoms with Crippen molar-refractivity contribution in [2.45, 2.75) is 37.5 Å². The lowest BCUT2D eigenvalue weighted by molar-refractivity contribution is -0.121. The van der Waals surface area contributed by atoms with Gasteiger partial charge >= 0.3 is 0 Å². The van der Waals surface area contributed by atoms with Crippen LogP contribution >= 0.6 is 0 Å². The van der Waals surface area contributed by atoms with Crippen molar-refractivity contribution in [1.82, 2.24) is 5.32 Å². The van der Waals surface area contributed by atoms with Gasteiger partial charge in [0.2, 0.25) is 5.91 Å². The third-order valence-corrected chi connectivity index (χ3v) is 7.35. The van der Waals surface area contributed by atoms with E-state index in [0.717, 1.165) is 23.6 Å². The molecule has 1 aliphatic rings. The maximum absolute atomic E-state index is 12.9. The van der Waals surface area contributed by atoms with E-state index in [1.807, 2.05) is 24.3 Å². The van der Waals surface area contributed by atoms with Crippen LogP contribution in [0.4, 0.5) is 5.69 Å². The third kappa shape index (κ3) is 4.05. The number of rotatable bonds is 8. The fraction of sp³-hybridized carbons (Fsp3) is 0.292. The summed E-state index contributed by atoms with van der Waals surface area (Å²) in [5.74, 6) is -0.0356. The van der Waals surface area contributed by atoms with Gasteiger partial charge in [-0.05, 0) is 49.3 Å². The van der Waals surface area contributed by atoms with Gasteiger partial charge in [0.15, 0.2) is 0 Å². The Hall–Kier alpha value is -2.86. The highest BCUT2D eigenvalue weighted by atomic mass is 32.2. The van der Waals surface area contributed by atoms with E-state index in [-0.39, 0.29) is 5.91 Å². The smallest absolute Gasteiger partial charge is 0.265 e. The number of carbonyl (C=O) groups is 1. The van der Waals surface area contributed by atoms with Gasteiger partial charge in [-0.1, -0.05) is 54.1 Å². The highest BCUT2D eigenvalue weighted by molar-refractivity contribution is 7.93. The number of nitrogens with one attached hydrogen (secondary N) is 1. The predicted molar refractivity (Wildman–Crippen MR) is 120 cm³/mol. The van der Waals surface area contributed by atoms with Crippen LogP contribution in [-0.2, 0) is 21.2 Å². The Kier molecular flexibility index (Phi) is 5.77. The number of benzene rings is 3. The molecule has 1 heterocycles. The van der Waals surface area contributed by atoms with E-state index in [1.165, 1.54) is 15.4 Å². The van der Waals surface area contributed by atoms with Crippen LogP contribution in [-0.4, -0.2) is 27.4 Å². The molecule has 1 N–H and O–H groups in total. The first-order valence-corrected chi connectivity index (χ1v) is 11.8. The second-order valence-electron chi connectivity index (χ2n) is 7.75. The Bertz CT molecular complexity index is 1180. The molecule has 4 rings (SSSR count). The molecule has 5 nitrogen and oxygen atoms in total. The molecule has 1 aliphatic heterocycles. The maximum atomic E-state index is 12.9. The first kappa shape index (κ1) is 20.4. The SMILES string of the molecule is Cc1cccc(CCCNC(=O)CCCN2c3cccc4cccc(c34)S2(=O)=O)c1. The summed E-state index contributed by atoms with van der Waals surface area (Å²) in [4.78, 5) is 12.5. The zero-order valence-corrected chi connectivity index (χ0v) is 17.9. The van der Waals surface area contributed by atoms with Crippen LogP contribution in [0.25, 0.3) is 10.8 Å². The van der Waals surface area contributed by atoms with Crippen LogP contribution in [0.15, 0.2) is 65.6 Å². The third-order valence-electron chi connectivity index (χ3n) is 5.49. The number of hydrogen-bond donors (Lipinski definition) is 1. The van der Waals surface area contributed by atoms with Gasteiger partial charge in [-0.2, -0.15) is 0 Å². The molecule has 0 saturated heterocycles. The molecule has 0 radical (unpaired) electrons. The van der Waals surface area contributed by atoms with Gasteiger partial charge in [0.25, 0.3) is 10.0 Å². The van der Waals surface area contributed by atoms with Crippen LogP contribution in [0.2, 0.25) is 0 Å². The number of anilines is 1. The quantitative estimate of drug-likeness (QED) is 0.554. The number of hydrogen-bond acceptors (Lipinski definition) is 3. The predicted octanol–water partition coefficient (Wildman–Crippen LogP) is 4.19. The lowest BCUT2D eigenvalue weighted by atomic mass is 10.1.